The number of pyridine rings is 1. The Morgan fingerprint density at radius 3 is 2.71 bits per heavy atom. The van der Waals surface area contributed by atoms with Crippen molar-refractivity contribution in [1.82, 2.24) is 15.6 Å². The molecule has 4 nitrogen and oxygen atoms in total. The highest BCUT2D eigenvalue weighted by Crippen LogP contribution is 2.32. The molecular formula is C13H19N3O. The Kier molecular flexibility index (Phi) is 3.61. The van der Waals surface area contributed by atoms with Crippen LogP contribution in [0.4, 0.5) is 4.79 Å². The van der Waals surface area contributed by atoms with Gasteiger partial charge < -0.3 is 10.6 Å². The van der Waals surface area contributed by atoms with E-state index in [9.17, 15) is 4.79 Å². The third-order valence-corrected chi connectivity index (χ3v) is 3.17. The van der Waals surface area contributed by atoms with Crippen LogP contribution in [0.2, 0.25) is 0 Å². The lowest BCUT2D eigenvalue weighted by molar-refractivity contribution is 0.233. The second-order valence-corrected chi connectivity index (χ2v) is 4.72. The zero-order valence-corrected chi connectivity index (χ0v) is 10.3. The van der Waals surface area contributed by atoms with Crippen molar-refractivity contribution in [1.29, 1.82) is 0 Å². The van der Waals surface area contributed by atoms with E-state index in [-0.39, 0.29) is 18.1 Å². The summed E-state index contributed by atoms with van der Waals surface area (Å²) < 4.78 is 0. The lowest BCUT2D eigenvalue weighted by atomic mass is 10.2. The van der Waals surface area contributed by atoms with Crippen LogP contribution in [0.1, 0.15) is 38.4 Å². The van der Waals surface area contributed by atoms with Crippen LogP contribution in [0.5, 0.6) is 0 Å². The van der Waals surface area contributed by atoms with Gasteiger partial charge in [-0.3, -0.25) is 4.98 Å². The Hall–Kier alpha value is -1.58. The molecule has 2 atom stereocenters. The number of carbonyl (C=O) groups is 1. The molecule has 2 rings (SSSR count). The number of carbonyl (C=O) groups excluding carboxylic acids is 1. The Labute approximate surface area is 102 Å². The molecule has 17 heavy (non-hydrogen) atoms. The van der Waals surface area contributed by atoms with E-state index in [0.29, 0.717) is 5.92 Å². The molecule has 1 aliphatic carbocycles. The number of rotatable bonds is 4. The molecule has 0 spiro atoms. The van der Waals surface area contributed by atoms with E-state index < -0.39 is 0 Å². The van der Waals surface area contributed by atoms with Crippen molar-refractivity contribution < 1.29 is 4.79 Å². The topological polar surface area (TPSA) is 54.0 Å². The molecule has 1 fully saturated rings. The van der Waals surface area contributed by atoms with Gasteiger partial charge in [-0.1, -0.05) is 6.07 Å². The summed E-state index contributed by atoms with van der Waals surface area (Å²) in [6, 6.07) is 5.79. The molecule has 0 saturated heterocycles. The molecule has 0 unspecified atom stereocenters. The van der Waals surface area contributed by atoms with Gasteiger partial charge in [-0.05, 0) is 44.7 Å². The number of amides is 2. The molecule has 1 heterocycles. The summed E-state index contributed by atoms with van der Waals surface area (Å²) in [5, 5.41) is 5.86. The van der Waals surface area contributed by atoms with Crippen LogP contribution < -0.4 is 10.6 Å². The Morgan fingerprint density at radius 2 is 2.12 bits per heavy atom. The van der Waals surface area contributed by atoms with E-state index in [0.717, 1.165) is 5.69 Å². The third kappa shape index (κ3) is 3.44. The maximum Gasteiger partial charge on any atom is 0.315 e. The molecule has 0 aliphatic heterocycles. The fraction of sp³-hybridized carbons (Fsp3) is 0.538. The normalized spacial score (nSPS) is 18.2. The fourth-order valence-corrected chi connectivity index (χ4v) is 1.87. The zero-order valence-electron chi connectivity index (χ0n) is 10.3. The second-order valence-electron chi connectivity index (χ2n) is 4.72. The predicted octanol–water partition coefficient (Wildman–Crippen LogP) is 2.24. The number of aromatic nitrogens is 1. The monoisotopic (exact) mass is 233 g/mol. The third-order valence-electron chi connectivity index (χ3n) is 3.17. The summed E-state index contributed by atoms with van der Waals surface area (Å²) in [4.78, 5) is 15.9. The minimum Gasteiger partial charge on any atom is -0.335 e. The summed E-state index contributed by atoms with van der Waals surface area (Å²) in [7, 11) is 0. The summed E-state index contributed by atoms with van der Waals surface area (Å²) in [6.45, 7) is 3.99. The van der Waals surface area contributed by atoms with Gasteiger partial charge in [-0.2, -0.15) is 0 Å². The summed E-state index contributed by atoms with van der Waals surface area (Å²) in [5.41, 5.74) is 0.877. The molecule has 0 radical (unpaired) electrons. The molecule has 1 aromatic heterocycles. The fourth-order valence-electron chi connectivity index (χ4n) is 1.87. The molecule has 1 saturated carbocycles. The van der Waals surface area contributed by atoms with E-state index >= 15 is 0 Å². The van der Waals surface area contributed by atoms with Gasteiger partial charge in [0.2, 0.25) is 0 Å². The van der Waals surface area contributed by atoms with Crippen molar-refractivity contribution >= 4 is 6.03 Å². The molecule has 0 aromatic carbocycles. The highest BCUT2D eigenvalue weighted by atomic mass is 16.2. The number of hydrogen-bond acceptors (Lipinski definition) is 2. The Bertz CT molecular complexity index is 376. The average Bonchev–Trinajstić information content (AvgIpc) is 3.13. The maximum atomic E-state index is 11.7. The van der Waals surface area contributed by atoms with Gasteiger partial charge in [0.1, 0.15) is 0 Å². The van der Waals surface area contributed by atoms with Gasteiger partial charge in [0, 0.05) is 12.2 Å². The van der Waals surface area contributed by atoms with Gasteiger partial charge in [-0.25, -0.2) is 4.79 Å². The molecular weight excluding hydrogens is 214 g/mol. The number of nitrogens with one attached hydrogen (secondary N) is 2. The van der Waals surface area contributed by atoms with Crippen LogP contribution in [0.3, 0.4) is 0 Å². The molecule has 2 N–H and O–H groups in total. The highest BCUT2D eigenvalue weighted by Gasteiger charge is 2.29. The van der Waals surface area contributed by atoms with Gasteiger partial charge in [0.15, 0.2) is 0 Å². The minimum absolute atomic E-state index is 0.0670. The van der Waals surface area contributed by atoms with Gasteiger partial charge in [0.05, 0.1) is 11.7 Å². The van der Waals surface area contributed by atoms with E-state index in [2.05, 4.69) is 22.5 Å². The molecule has 4 heteroatoms. The summed E-state index contributed by atoms with van der Waals surface area (Å²) in [5.74, 6) is 0.672. The largest absolute Gasteiger partial charge is 0.335 e. The van der Waals surface area contributed by atoms with Crippen molar-refractivity contribution in [2.45, 2.75) is 38.8 Å². The van der Waals surface area contributed by atoms with Gasteiger partial charge >= 0.3 is 6.03 Å². The molecule has 1 aliphatic rings. The summed E-state index contributed by atoms with van der Waals surface area (Å²) in [6.07, 6.45) is 4.20. The number of nitrogens with zero attached hydrogens (tertiary/aromatic N) is 1. The van der Waals surface area contributed by atoms with Crippen molar-refractivity contribution in [3.8, 4) is 0 Å². The molecule has 1 aromatic rings. The maximum absolute atomic E-state index is 11.7. The number of hydrogen-bond donors (Lipinski definition) is 2. The van der Waals surface area contributed by atoms with Crippen molar-refractivity contribution in [3.63, 3.8) is 0 Å². The SMILES string of the molecule is C[C@@H](NC(=O)N[C@H](C)C1CC1)c1ccccn1. The van der Waals surface area contributed by atoms with E-state index in [1.807, 2.05) is 25.1 Å². The van der Waals surface area contributed by atoms with E-state index in [4.69, 9.17) is 0 Å². The highest BCUT2D eigenvalue weighted by molar-refractivity contribution is 5.74. The first-order valence-corrected chi connectivity index (χ1v) is 6.15. The minimum atomic E-state index is -0.109. The average molecular weight is 233 g/mol. The molecule has 2 amide bonds. The van der Waals surface area contributed by atoms with Crippen LogP contribution in [0.15, 0.2) is 24.4 Å². The lowest BCUT2D eigenvalue weighted by Crippen LogP contribution is -2.42. The molecule has 92 valence electrons. The van der Waals surface area contributed by atoms with Crippen molar-refractivity contribution in [2.75, 3.05) is 0 Å². The smallest absolute Gasteiger partial charge is 0.315 e. The second kappa shape index (κ2) is 5.17. The first-order valence-electron chi connectivity index (χ1n) is 6.15. The van der Waals surface area contributed by atoms with Crippen LogP contribution in [-0.4, -0.2) is 17.1 Å². The zero-order chi connectivity index (χ0) is 12.3. The summed E-state index contributed by atoms with van der Waals surface area (Å²) >= 11 is 0. The van der Waals surface area contributed by atoms with Crippen molar-refractivity contribution in [3.05, 3.63) is 30.1 Å². The first kappa shape index (κ1) is 11.9. The van der Waals surface area contributed by atoms with Crippen LogP contribution in [0.25, 0.3) is 0 Å². The van der Waals surface area contributed by atoms with E-state index in [1.54, 1.807) is 6.20 Å². The first-order chi connectivity index (χ1) is 8.16. The standard InChI is InChI=1S/C13H19N3O/c1-9(11-6-7-11)15-13(17)16-10(2)12-5-3-4-8-14-12/h3-5,8-11H,6-7H2,1-2H3,(H2,15,16,17)/t9-,10-/m1/s1. The van der Waals surface area contributed by atoms with Gasteiger partial charge in [0.25, 0.3) is 0 Å². The van der Waals surface area contributed by atoms with Crippen LogP contribution in [0, 0.1) is 5.92 Å². The van der Waals surface area contributed by atoms with Crippen LogP contribution >= 0.6 is 0 Å². The quantitative estimate of drug-likeness (QED) is 0.838. The van der Waals surface area contributed by atoms with Crippen molar-refractivity contribution in [2.24, 2.45) is 5.92 Å². The van der Waals surface area contributed by atoms with Crippen LogP contribution in [-0.2, 0) is 0 Å². The lowest BCUT2D eigenvalue weighted by Gasteiger charge is -2.17. The Balaban J connectivity index is 1.81. The van der Waals surface area contributed by atoms with Gasteiger partial charge in [-0.15, -0.1) is 0 Å². The predicted molar refractivity (Wildman–Crippen MR) is 66.5 cm³/mol. The molecule has 0 bridgehead atoms. The Morgan fingerprint density at radius 1 is 1.35 bits per heavy atom. The number of urea groups is 1. The van der Waals surface area contributed by atoms with E-state index in [1.165, 1.54) is 12.8 Å².